The van der Waals surface area contributed by atoms with Crippen LogP contribution in [0.4, 0.5) is 0 Å². The molecule has 0 aromatic rings. The van der Waals surface area contributed by atoms with E-state index in [9.17, 15) is 0 Å². The molecule has 2 nitrogen and oxygen atoms in total. The fraction of sp³-hybridized carbons (Fsp3) is 1.00. The highest BCUT2D eigenvalue weighted by molar-refractivity contribution is 4.99. The van der Waals surface area contributed by atoms with E-state index in [1.165, 1.54) is 51.4 Å². The van der Waals surface area contributed by atoms with Gasteiger partial charge in [-0.25, -0.2) is 0 Å². The van der Waals surface area contributed by atoms with Crippen LogP contribution in [0.2, 0.25) is 0 Å². The summed E-state index contributed by atoms with van der Waals surface area (Å²) >= 11 is 0. The largest absolute Gasteiger partial charge is 0.375 e. The van der Waals surface area contributed by atoms with E-state index in [-0.39, 0.29) is 0 Å². The monoisotopic (exact) mass is 221 g/mol. The molecule has 4 heterocycles. The summed E-state index contributed by atoms with van der Waals surface area (Å²) in [6, 6.07) is 1.73. The van der Waals surface area contributed by atoms with Gasteiger partial charge in [0.25, 0.3) is 0 Å². The molecule has 16 heavy (non-hydrogen) atoms. The number of ether oxygens (including phenoxy) is 1. The highest BCUT2D eigenvalue weighted by atomic mass is 16.5. The Balaban J connectivity index is 1.49. The third-order valence-electron chi connectivity index (χ3n) is 5.52. The molecule has 4 rings (SSSR count). The van der Waals surface area contributed by atoms with Crippen LogP contribution in [0.1, 0.15) is 51.4 Å². The molecule has 5 unspecified atom stereocenters. The average molecular weight is 221 g/mol. The molecule has 0 saturated carbocycles. The number of nitrogens with one attached hydrogen (secondary N) is 1. The molecule has 4 saturated heterocycles. The third-order valence-corrected chi connectivity index (χ3v) is 5.52. The molecule has 2 heteroatoms. The molecule has 0 spiro atoms. The molecule has 4 bridgehead atoms. The van der Waals surface area contributed by atoms with Crippen LogP contribution < -0.4 is 5.32 Å². The molecule has 4 aliphatic heterocycles. The second kappa shape index (κ2) is 3.71. The summed E-state index contributed by atoms with van der Waals surface area (Å²) in [4.78, 5) is 0. The van der Waals surface area contributed by atoms with Crippen LogP contribution in [-0.4, -0.2) is 24.3 Å². The van der Waals surface area contributed by atoms with Crippen LogP contribution in [-0.2, 0) is 4.74 Å². The Kier molecular flexibility index (Phi) is 2.29. The van der Waals surface area contributed by atoms with Crippen LogP contribution in [0.3, 0.4) is 0 Å². The number of fused-ring (bicyclic) bond motifs is 4. The first kappa shape index (κ1) is 9.90. The van der Waals surface area contributed by atoms with Gasteiger partial charge in [-0.05, 0) is 56.8 Å². The molecule has 4 fully saturated rings. The van der Waals surface area contributed by atoms with Gasteiger partial charge in [-0.2, -0.15) is 0 Å². The molecular formula is C14H23NO. The van der Waals surface area contributed by atoms with E-state index in [4.69, 9.17) is 4.74 Å². The fourth-order valence-corrected chi connectivity index (χ4v) is 4.84. The van der Waals surface area contributed by atoms with Gasteiger partial charge in [-0.1, -0.05) is 6.42 Å². The minimum atomic E-state index is 0.629. The van der Waals surface area contributed by atoms with E-state index in [2.05, 4.69) is 5.32 Å². The Bertz CT molecular complexity index is 268. The summed E-state index contributed by atoms with van der Waals surface area (Å²) < 4.78 is 5.98. The van der Waals surface area contributed by atoms with Gasteiger partial charge in [-0.15, -0.1) is 0 Å². The number of piperidine rings is 1. The normalized spacial score (nSPS) is 55.5. The Hall–Kier alpha value is -0.0800. The Morgan fingerprint density at radius 3 is 2.44 bits per heavy atom. The fourth-order valence-electron chi connectivity index (χ4n) is 4.84. The molecule has 0 aliphatic carbocycles. The maximum atomic E-state index is 5.98. The van der Waals surface area contributed by atoms with Crippen molar-refractivity contribution in [2.24, 2.45) is 11.8 Å². The van der Waals surface area contributed by atoms with Crippen LogP contribution in [0.15, 0.2) is 0 Å². The van der Waals surface area contributed by atoms with E-state index in [0.717, 1.165) is 23.9 Å². The Labute approximate surface area is 98.1 Å². The topological polar surface area (TPSA) is 21.3 Å². The molecule has 90 valence electrons. The second-order valence-corrected chi connectivity index (χ2v) is 6.49. The van der Waals surface area contributed by atoms with Crippen molar-refractivity contribution in [2.45, 2.75) is 75.7 Å². The Morgan fingerprint density at radius 1 is 0.875 bits per heavy atom. The zero-order valence-electron chi connectivity index (χ0n) is 10.0. The summed E-state index contributed by atoms with van der Waals surface area (Å²) in [5.74, 6) is 1.96. The summed E-state index contributed by atoms with van der Waals surface area (Å²) in [5.41, 5.74) is 0. The third kappa shape index (κ3) is 1.53. The summed E-state index contributed by atoms with van der Waals surface area (Å²) in [6.45, 7) is 0. The summed E-state index contributed by atoms with van der Waals surface area (Å²) in [6.07, 6.45) is 12.5. The SMILES string of the molecule is C1CC2CC(C3CC4CCC(C3)O4)C(C1)N2. The lowest BCUT2D eigenvalue weighted by Gasteiger charge is -2.35. The van der Waals surface area contributed by atoms with Crippen molar-refractivity contribution < 1.29 is 4.74 Å². The van der Waals surface area contributed by atoms with Crippen molar-refractivity contribution in [1.29, 1.82) is 0 Å². The molecular weight excluding hydrogens is 198 g/mol. The van der Waals surface area contributed by atoms with Gasteiger partial charge in [0.15, 0.2) is 0 Å². The average Bonchev–Trinajstić information content (AvgIpc) is 2.79. The van der Waals surface area contributed by atoms with Crippen LogP contribution in [0.5, 0.6) is 0 Å². The zero-order valence-corrected chi connectivity index (χ0v) is 10.0. The smallest absolute Gasteiger partial charge is 0.0582 e. The lowest BCUT2D eigenvalue weighted by atomic mass is 9.79. The van der Waals surface area contributed by atoms with E-state index in [1.54, 1.807) is 0 Å². The van der Waals surface area contributed by atoms with Gasteiger partial charge in [0, 0.05) is 12.1 Å². The van der Waals surface area contributed by atoms with Gasteiger partial charge >= 0.3 is 0 Å². The quantitative estimate of drug-likeness (QED) is 0.734. The van der Waals surface area contributed by atoms with E-state index in [0.29, 0.717) is 12.2 Å². The van der Waals surface area contributed by atoms with Crippen molar-refractivity contribution in [3.8, 4) is 0 Å². The van der Waals surface area contributed by atoms with E-state index < -0.39 is 0 Å². The molecule has 0 aromatic heterocycles. The van der Waals surface area contributed by atoms with Crippen molar-refractivity contribution in [2.75, 3.05) is 0 Å². The van der Waals surface area contributed by atoms with Crippen molar-refractivity contribution in [3.63, 3.8) is 0 Å². The van der Waals surface area contributed by atoms with Crippen LogP contribution in [0.25, 0.3) is 0 Å². The molecule has 5 atom stereocenters. The zero-order chi connectivity index (χ0) is 10.5. The van der Waals surface area contributed by atoms with E-state index >= 15 is 0 Å². The lowest BCUT2D eigenvalue weighted by Crippen LogP contribution is -2.39. The first-order chi connectivity index (χ1) is 7.88. The number of hydrogen-bond acceptors (Lipinski definition) is 2. The van der Waals surface area contributed by atoms with Gasteiger partial charge in [-0.3, -0.25) is 0 Å². The van der Waals surface area contributed by atoms with Gasteiger partial charge in [0.05, 0.1) is 12.2 Å². The molecule has 0 amide bonds. The van der Waals surface area contributed by atoms with Crippen molar-refractivity contribution >= 4 is 0 Å². The standard InChI is InChI=1S/C14H23NO/c1-2-10-8-13(14(3-1)15-10)9-6-11-4-5-12(7-9)16-11/h9-15H,1-8H2. The highest BCUT2D eigenvalue weighted by Gasteiger charge is 2.45. The van der Waals surface area contributed by atoms with Crippen molar-refractivity contribution in [3.05, 3.63) is 0 Å². The predicted molar refractivity (Wildman–Crippen MR) is 63.3 cm³/mol. The van der Waals surface area contributed by atoms with Gasteiger partial charge in [0.1, 0.15) is 0 Å². The molecule has 0 radical (unpaired) electrons. The number of hydrogen-bond donors (Lipinski definition) is 1. The summed E-state index contributed by atoms with van der Waals surface area (Å²) in [7, 11) is 0. The van der Waals surface area contributed by atoms with E-state index in [1.807, 2.05) is 0 Å². The van der Waals surface area contributed by atoms with Crippen molar-refractivity contribution in [1.82, 2.24) is 5.32 Å². The lowest BCUT2D eigenvalue weighted by molar-refractivity contribution is -0.0339. The maximum Gasteiger partial charge on any atom is 0.0582 e. The molecule has 1 N–H and O–H groups in total. The highest BCUT2D eigenvalue weighted by Crippen LogP contribution is 2.45. The first-order valence-electron chi connectivity index (χ1n) is 7.30. The Morgan fingerprint density at radius 2 is 1.69 bits per heavy atom. The second-order valence-electron chi connectivity index (χ2n) is 6.49. The van der Waals surface area contributed by atoms with Crippen LogP contribution >= 0.6 is 0 Å². The minimum absolute atomic E-state index is 0.629. The van der Waals surface area contributed by atoms with Gasteiger partial charge < -0.3 is 10.1 Å². The summed E-state index contributed by atoms with van der Waals surface area (Å²) in [5, 5.41) is 3.85. The molecule has 0 aromatic carbocycles. The van der Waals surface area contributed by atoms with Gasteiger partial charge in [0.2, 0.25) is 0 Å². The minimum Gasteiger partial charge on any atom is -0.375 e. The predicted octanol–water partition coefficient (Wildman–Crippen LogP) is 2.47. The van der Waals surface area contributed by atoms with Crippen LogP contribution in [0, 0.1) is 11.8 Å². The maximum absolute atomic E-state index is 5.98. The molecule has 4 aliphatic rings. The number of rotatable bonds is 1. The first-order valence-corrected chi connectivity index (χ1v) is 7.30.